The number of amides is 1. The quantitative estimate of drug-likeness (QED) is 0.624. The normalized spacial score (nSPS) is 15.2. The Morgan fingerprint density at radius 3 is 2.80 bits per heavy atom. The molecule has 1 aliphatic rings. The molecule has 1 amide bonds. The summed E-state index contributed by atoms with van der Waals surface area (Å²) < 4.78 is 5.28. The van der Waals surface area contributed by atoms with Gasteiger partial charge in [-0.2, -0.15) is 0 Å². The topological polar surface area (TPSA) is 71.9 Å². The van der Waals surface area contributed by atoms with Crippen molar-refractivity contribution in [2.45, 2.75) is 20.8 Å². The molecule has 0 fully saturated rings. The van der Waals surface area contributed by atoms with Gasteiger partial charge >= 0.3 is 5.97 Å². The first kappa shape index (κ1) is 17.0. The van der Waals surface area contributed by atoms with Gasteiger partial charge in [-0.1, -0.05) is 18.2 Å². The lowest BCUT2D eigenvalue weighted by Gasteiger charge is -2.14. The van der Waals surface area contributed by atoms with E-state index >= 15 is 0 Å². The summed E-state index contributed by atoms with van der Waals surface area (Å²) in [6.07, 6.45) is 1.57. The van der Waals surface area contributed by atoms with Crippen molar-refractivity contribution in [1.82, 2.24) is 4.98 Å². The third-order valence-electron chi connectivity index (χ3n) is 3.72. The smallest absolute Gasteiger partial charge is 0.363 e. The monoisotopic (exact) mass is 355 g/mol. The van der Waals surface area contributed by atoms with Crippen molar-refractivity contribution in [3.63, 3.8) is 0 Å². The Balaban J connectivity index is 1.89. The van der Waals surface area contributed by atoms with E-state index in [1.165, 1.54) is 18.3 Å². The lowest BCUT2D eigenvalue weighted by molar-refractivity contribution is -0.130. The molecule has 25 heavy (non-hydrogen) atoms. The summed E-state index contributed by atoms with van der Waals surface area (Å²) in [4.78, 5) is 33.9. The maximum Gasteiger partial charge on any atom is 0.363 e. The Labute approximate surface area is 149 Å². The summed E-state index contributed by atoms with van der Waals surface area (Å²) in [6.45, 7) is 5.85. The SMILES string of the molecule is CCN(C(C)=O)c1nc(/C=C2\N=C(c3ccccc3C)OC2=O)cs1. The number of carbonyl (C=O) groups excluding carboxylic acids is 2. The van der Waals surface area contributed by atoms with Crippen molar-refractivity contribution in [2.24, 2.45) is 4.99 Å². The highest BCUT2D eigenvalue weighted by Gasteiger charge is 2.25. The van der Waals surface area contributed by atoms with Gasteiger partial charge < -0.3 is 4.74 Å². The number of thiazole rings is 1. The second-order valence-corrected chi connectivity index (χ2v) is 6.31. The van der Waals surface area contributed by atoms with Gasteiger partial charge in [0.05, 0.1) is 5.69 Å². The van der Waals surface area contributed by atoms with Crippen LogP contribution in [0.3, 0.4) is 0 Å². The Kier molecular flexibility index (Phi) is 4.76. The molecule has 6 nitrogen and oxygen atoms in total. The van der Waals surface area contributed by atoms with Crippen molar-refractivity contribution in [1.29, 1.82) is 0 Å². The summed E-state index contributed by atoms with van der Waals surface area (Å²) in [5.74, 6) is -0.286. The van der Waals surface area contributed by atoms with Crippen LogP contribution < -0.4 is 4.90 Å². The summed E-state index contributed by atoms with van der Waals surface area (Å²) in [5.41, 5.74) is 2.53. The first-order valence-electron chi connectivity index (χ1n) is 7.81. The van der Waals surface area contributed by atoms with Crippen LogP contribution in [0.15, 0.2) is 40.3 Å². The van der Waals surface area contributed by atoms with Crippen LogP contribution in [0.2, 0.25) is 0 Å². The maximum absolute atomic E-state index is 12.1. The zero-order valence-corrected chi connectivity index (χ0v) is 15.0. The molecular weight excluding hydrogens is 338 g/mol. The molecule has 3 rings (SSSR count). The molecule has 0 spiro atoms. The summed E-state index contributed by atoms with van der Waals surface area (Å²) >= 11 is 1.34. The van der Waals surface area contributed by atoms with Gasteiger partial charge in [0.25, 0.3) is 0 Å². The molecule has 0 bridgehead atoms. The Morgan fingerprint density at radius 1 is 1.36 bits per heavy atom. The number of aryl methyl sites for hydroxylation is 1. The van der Waals surface area contributed by atoms with Crippen molar-refractivity contribution < 1.29 is 14.3 Å². The first-order valence-corrected chi connectivity index (χ1v) is 8.69. The highest BCUT2D eigenvalue weighted by atomic mass is 32.1. The number of ether oxygens (including phenoxy) is 1. The van der Waals surface area contributed by atoms with Gasteiger partial charge in [0, 0.05) is 24.4 Å². The van der Waals surface area contributed by atoms with Crippen LogP contribution in [0.25, 0.3) is 6.08 Å². The van der Waals surface area contributed by atoms with Gasteiger partial charge in [0.15, 0.2) is 10.8 Å². The number of aromatic nitrogens is 1. The lowest BCUT2D eigenvalue weighted by atomic mass is 10.1. The molecule has 0 N–H and O–H groups in total. The zero-order valence-electron chi connectivity index (χ0n) is 14.1. The summed E-state index contributed by atoms with van der Waals surface area (Å²) in [6, 6.07) is 7.57. The van der Waals surface area contributed by atoms with Crippen LogP contribution in [0.1, 0.15) is 30.7 Å². The number of hydrogen-bond acceptors (Lipinski definition) is 6. The van der Waals surface area contributed by atoms with E-state index in [1.54, 1.807) is 16.4 Å². The molecule has 1 aromatic heterocycles. The highest BCUT2D eigenvalue weighted by Crippen LogP contribution is 2.25. The predicted octanol–water partition coefficient (Wildman–Crippen LogP) is 3.17. The van der Waals surface area contributed by atoms with Crippen LogP contribution in [0, 0.1) is 6.92 Å². The molecule has 1 aliphatic heterocycles. The number of benzene rings is 1. The minimum atomic E-state index is -0.508. The third kappa shape index (κ3) is 3.51. The van der Waals surface area contributed by atoms with Crippen molar-refractivity contribution in [2.75, 3.05) is 11.4 Å². The number of carbonyl (C=O) groups is 2. The molecule has 1 aromatic carbocycles. The molecule has 0 aliphatic carbocycles. The van der Waals surface area contributed by atoms with Gasteiger partial charge in [0.2, 0.25) is 11.8 Å². The molecule has 2 aromatic rings. The van der Waals surface area contributed by atoms with E-state index in [4.69, 9.17) is 4.74 Å². The molecule has 0 unspecified atom stereocenters. The van der Waals surface area contributed by atoms with Crippen LogP contribution in [-0.4, -0.2) is 29.3 Å². The Bertz CT molecular complexity index is 898. The third-order valence-corrected chi connectivity index (χ3v) is 4.60. The van der Waals surface area contributed by atoms with Gasteiger partial charge in [-0.3, -0.25) is 9.69 Å². The summed E-state index contributed by atoms with van der Waals surface area (Å²) in [7, 11) is 0. The van der Waals surface area contributed by atoms with E-state index in [1.807, 2.05) is 38.1 Å². The van der Waals surface area contributed by atoms with Crippen LogP contribution in [0.4, 0.5) is 5.13 Å². The van der Waals surface area contributed by atoms with E-state index in [0.717, 1.165) is 11.1 Å². The van der Waals surface area contributed by atoms with E-state index in [-0.39, 0.29) is 11.6 Å². The molecule has 0 radical (unpaired) electrons. The largest absolute Gasteiger partial charge is 0.402 e. The Hall–Kier alpha value is -2.80. The zero-order chi connectivity index (χ0) is 18.0. The second-order valence-electron chi connectivity index (χ2n) is 5.47. The fourth-order valence-corrected chi connectivity index (χ4v) is 3.33. The van der Waals surface area contributed by atoms with E-state index in [2.05, 4.69) is 9.98 Å². The van der Waals surface area contributed by atoms with E-state index in [9.17, 15) is 9.59 Å². The highest BCUT2D eigenvalue weighted by molar-refractivity contribution is 7.14. The molecule has 7 heteroatoms. The van der Waals surface area contributed by atoms with Crippen molar-refractivity contribution in [3.05, 3.63) is 52.2 Å². The van der Waals surface area contributed by atoms with Gasteiger partial charge in [-0.15, -0.1) is 11.3 Å². The predicted molar refractivity (Wildman–Crippen MR) is 97.6 cm³/mol. The number of rotatable bonds is 4. The Morgan fingerprint density at radius 2 is 2.12 bits per heavy atom. The average molecular weight is 355 g/mol. The number of esters is 1. The van der Waals surface area contributed by atoms with Crippen molar-refractivity contribution in [3.8, 4) is 0 Å². The molecule has 2 heterocycles. The number of cyclic esters (lactones) is 1. The number of anilines is 1. The van der Waals surface area contributed by atoms with Gasteiger partial charge in [0.1, 0.15) is 0 Å². The van der Waals surface area contributed by atoms with Crippen LogP contribution in [0.5, 0.6) is 0 Å². The molecule has 0 saturated carbocycles. The average Bonchev–Trinajstić information content (AvgIpc) is 3.16. The maximum atomic E-state index is 12.1. The summed E-state index contributed by atoms with van der Waals surface area (Å²) in [5, 5.41) is 2.37. The standard InChI is InChI=1S/C18H17N3O3S/c1-4-21(12(3)22)18-19-13(10-25-18)9-15-17(23)24-16(20-15)14-8-6-5-7-11(14)2/h5-10H,4H2,1-3H3/b15-9-. The number of aliphatic imine (C=N–C) groups is 1. The lowest BCUT2D eigenvalue weighted by Crippen LogP contribution is -2.27. The minimum Gasteiger partial charge on any atom is -0.402 e. The van der Waals surface area contributed by atoms with Crippen LogP contribution >= 0.6 is 11.3 Å². The molecule has 128 valence electrons. The molecular formula is C18H17N3O3S. The van der Waals surface area contributed by atoms with Crippen LogP contribution in [-0.2, 0) is 14.3 Å². The van der Waals surface area contributed by atoms with Gasteiger partial charge in [-0.05, 0) is 31.6 Å². The van der Waals surface area contributed by atoms with Gasteiger partial charge in [-0.25, -0.2) is 14.8 Å². The fourth-order valence-electron chi connectivity index (χ4n) is 2.44. The molecule has 0 atom stereocenters. The molecule has 0 saturated heterocycles. The fraction of sp³-hybridized carbons (Fsp3) is 0.222. The van der Waals surface area contributed by atoms with Crippen molar-refractivity contribution >= 4 is 40.3 Å². The minimum absolute atomic E-state index is 0.0730. The number of nitrogens with zero attached hydrogens (tertiary/aromatic N) is 3. The second kappa shape index (κ2) is 6.98. The van der Waals surface area contributed by atoms with E-state index < -0.39 is 5.97 Å². The van der Waals surface area contributed by atoms with E-state index in [0.29, 0.717) is 23.3 Å². The first-order chi connectivity index (χ1) is 12.0. The number of hydrogen-bond donors (Lipinski definition) is 0.